The van der Waals surface area contributed by atoms with Gasteiger partial charge < -0.3 is 15.4 Å². The molecule has 4 heteroatoms. The molecule has 1 aliphatic heterocycles. The maximum absolute atomic E-state index is 10.5. The SMILES string of the molecule is O=C(O)Cc1cc2c([nH]1)CCNCC2. The summed E-state index contributed by atoms with van der Waals surface area (Å²) < 4.78 is 0. The first kappa shape index (κ1) is 9.27. The molecule has 0 bridgehead atoms. The van der Waals surface area contributed by atoms with Crippen molar-refractivity contribution in [2.75, 3.05) is 13.1 Å². The molecule has 1 aromatic heterocycles. The van der Waals surface area contributed by atoms with Crippen molar-refractivity contribution in [1.29, 1.82) is 0 Å². The van der Waals surface area contributed by atoms with Crippen LogP contribution in [0.3, 0.4) is 0 Å². The first-order chi connectivity index (χ1) is 6.75. The molecule has 0 spiro atoms. The van der Waals surface area contributed by atoms with E-state index < -0.39 is 5.97 Å². The van der Waals surface area contributed by atoms with Gasteiger partial charge in [0.1, 0.15) is 0 Å². The minimum absolute atomic E-state index is 0.0976. The van der Waals surface area contributed by atoms with Gasteiger partial charge in [-0.3, -0.25) is 4.79 Å². The average molecular weight is 194 g/mol. The minimum atomic E-state index is -0.778. The highest BCUT2D eigenvalue weighted by Crippen LogP contribution is 2.14. The summed E-state index contributed by atoms with van der Waals surface area (Å²) in [5, 5.41) is 12.0. The summed E-state index contributed by atoms with van der Waals surface area (Å²) in [4.78, 5) is 13.7. The predicted molar refractivity (Wildman–Crippen MR) is 52.4 cm³/mol. The number of hydrogen-bond donors (Lipinski definition) is 3. The van der Waals surface area contributed by atoms with Crippen molar-refractivity contribution in [3.8, 4) is 0 Å². The fraction of sp³-hybridized carbons (Fsp3) is 0.500. The third-order valence-corrected chi connectivity index (χ3v) is 2.51. The molecule has 0 amide bonds. The maximum Gasteiger partial charge on any atom is 0.309 e. The zero-order chi connectivity index (χ0) is 9.97. The lowest BCUT2D eigenvalue weighted by Gasteiger charge is -1.96. The molecule has 14 heavy (non-hydrogen) atoms. The molecular formula is C10H14N2O2. The molecular weight excluding hydrogens is 180 g/mol. The van der Waals surface area contributed by atoms with E-state index in [2.05, 4.69) is 10.3 Å². The fourth-order valence-electron chi connectivity index (χ4n) is 1.87. The predicted octanol–water partition coefficient (Wildman–Crippen LogP) is 0.330. The molecule has 0 radical (unpaired) electrons. The van der Waals surface area contributed by atoms with Crippen LogP contribution in [0.5, 0.6) is 0 Å². The number of H-pyrrole nitrogens is 1. The maximum atomic E-state index is 10.5. The Balaban J connectivity index is 2.18. The Bertz CT molecular complexity index is 320. The Morgan fingerprint density at radius 3 is 3.00 bits per heavy atom. The van der Waals surface area contributed by atoms with Crippen molar-refractivity contribution in [2.24, 2.45) is 0 Å². The third-order valence-electron chi connectivity index (χ3n) is 2.51. The summed E-state index contributed by atoms with van der Waals surface area (Å²) >= 11 is 0. The first-order valence-electron chi connectivity index (χ1n) is 4.88. The summed E-state index contributed by atoms with van der Waals surface area (Å²) in [6.45, 7) is 1.96. The Kier molecular flexibility index (Phi) is 2.54. The van der Waals surface area contributed by atoms with E-state index in [0.717, 1.165) is 31.6 Å². The van der Waals surface area contributed by atoms with Gasteiger partial charge in [0.2, 0.25) is 0 Å². The van der Waals surface area contributed by atoms with Crippen LogP contribution < -0.4 is 5.32 Å². The number of carboxylic acids is 1. The molecule has 0 unspecified atom stereocenters. The number of fused-ring (bicyclic) bond motifs is 1. The summed E-state index contributed by atoms with van der Waals surface area (Å²) in [5.41, 5.74) is 3.29. The highest BCUT2D eigenvalue weighted by Gasteiger charge is 2.12. The Hall–Kier alpha value is -1.29. The number of rotatable bonds is 2. The van der Waals surface area contributed by atoms with Gasteiger partial charge in [-0.25, -0.2) is 0 Å². The number of nitrogens with one attached hydrogen (secondary N) is 2. The van der Waals surface area contributed by atoms with E-state index in [1.54, 1.807) is 0 Å². The van der Waals surface area contributed by atoms with Crippen LogP contribution in [0.25, 0.3) is 0 Å². The van der Waals surface area contributed by atoms with Crippen molar-refractivity contribution in [3.63, 3.8) is 0 Å². The van der Waals surface area contributed by atoms with Gasteiger partial charge >= 0.3 is 5.97 Å². The highest BCUT2D eigenvalue weighted by atomic mass is 16.4. The molecule has 0 aliphatic carbocycles. The van der Waals surface area contributed by atoms with Gasteiger partial charge in [0.15, 0.2) is 0 Å². The number of hydrogen-bond acceptors (Lipinski definition) is 2. The largest absolute Gasteiger partial charge is 0.481 e. The van der Waals surface area contributed by atoms with Gasteiger partial charge in [0.05, 0.1) is 6.42 Å². The molecule has 4 nitrogen and oxygen atoms in total. The van der Waals surface area contributed by atoms with Crippen molar-refractivity contribution < 1.29 is 9.90 Å². The van der Waals surface area contributed by atoms with Crippen molar-refractivity contribution >= 4 is 5.97 Å². The van der Waals surface area contributed by atoms with E-state index in [1.807, 2.05) is 6.07 Å². The van der Waals surface area contributed by atoms with Gasteiger partial charge in [0, 0.05) is 24.4 Å². The number of aliphatic carboxylic acids is 1. The monoisotopic (exact) mass is 194 g/mol. The van der Waals surface area contributed by atoms with Gasteiger partial charge in [0.25, 0.3) is 0 Å². The van der Waals surface area contributed by atoms with Gasteiger partial charge in [-0.1, -0.05) is 0 Å². The second kappa shape index (κ2) is 3.84. The van der Waals surface area contributed by atoms with Crippen molar-refractivity contribution in [2.45, 2.75) is 19.3 Å². The molecule has 3 N–H and O–H groups in total. The van der Waals surface area contributed by atoms with Gasteiger partial charge in [-0.15, -0.1) is 0 Å². The highest BCUT2D eigenvalue weighted by molar-refractivity contribution is 5.69. The fourth-order valence-corrected chi connectivity index (χ4v) is 1.87. The summed E-state index contributed by atoms with van der Waals surface area (Å²) in [5.74, 6) is -0.778. The van der Waals surface area contributed by atoms with Gasteiger partial charge in [-0.05, 0) is 24.6 Å². The molecule has 0 saturated heterocycles. The number of carbonyl (C=O) groups is 1. The third kappa shape index (κ3) is 1.96. The Labute approximate surface area is 82.3 Å². The lowest BCUT2D eigenvalue weighted by molar-refractivity contribution is -0.136. The van der Waals surface area contributed by atoms with Crippen LogP contribution >= 0.6 is 0 Å². The van der Waals surface area contributed by atoms with E-state index in [-0.39, 0.29) is 6.42 Å². The molecule has 1 aliphatic rings. The average Bonchev–Trinajstić information content (AvgIpc) is 2.34. The van der Waals surface area contributed by atoms with Crippen LogP contribution in [-0.4, -0.2) is 29.1 Å². The second-order valence-electron chi connectivity index (χ2n) is 3.62. The standard InChI is InChI=1S/C10H14N2O2/c13-10(14)6-8-5-7-1-3-11-4-2-9(7)12-8/h5,11-12H,1-4,6H2,(H,13,14). The summed E-state index contributed by atoms with van der Waals surface area (Å²) in [6, 6.07) is 1.98. The van der Waals surface area contributed by atoms with Crippen LogP contribution in [0.1, 0.15) is 17.0 Å². The summed E-state index contributed by atoms with van der Waals surface area (Å²) in [7, 11) is 0. The van der Waals surface area contributed by atoms with Gasteiger partial charge in [-0.2, -0.15) is 0 Å². The molecule has 0 atom stereocenters. The zero-order valence-corrected chi connectivity index (χ0v) is 7.97. The molecule has 0 saturated carbocycles. The minimum Gasteiger partial charge on any atom is -0.481 e. The topological polar surface area (TPSA) is 65.1 Å². The normalized spacial score (nSPS) is 16.0. The van der Waals surface area contributed by atoms with Crippen LogP contribution in [0, 0.1) is 0 Å². The van der Waals surface area contributed by atoms with E-state index in [0.29, 0.717) is 0 Å². The Morgan fingerprint density at radius 2 is 2.21 bits per heavy atom. The number of carboxylic acid groups (broad SMARTS) is 1. The van der Waals surface area contributed by atoms with E-state index in [1.165, 1.54) is 11.3 Å². The molecule has 0 aromatic carbocycles. The lowest BCUT2D eigenvalue weighted by atomic mass is 10.1. The van der Waals surface area contributed by atoms with Crippen LogP contribution in [-0.2, 0) is 24.1 Å². The second-order valence-corrected chi connectivity index (χ2v) is 3.62. The quantitative estimate of drug-likeness (QED) is 0.635. The molecule has 76 valence electrons. The Morgan fingerprint density at radius 1 is 1.43 bits per heavy atom. The molecule has 0 fully saturated rings. The first-order valence-corrected chi connectivity index (χ1v) is 4.88. The molecule has 2 heterocycles. The molecule has 1 aromatic rings. The van der Waals surface area contributed by atoms with E-state index in [9.17, 15) is 4.79 Å². The van der Waals surface area contributed by atoms with Crippen molar-refractivity contribution in [3.05, 3.63) is 23.0 Å². The van der Waals surface area contributed by atoms with Crippen molar-refractivity contribution in [1.82, 2.24) is 10.3 Å². The van der Waals surface area contributed by atoms with E-state index in [4.69, 9.17) is 5.11 Å². The smallest absolute Gasteiger partial charge is 0.309 e. The molecule has 2 rings (SSSR count). The number of aromatic nitrogens is 1. The van der Waals surface area contributed by atoms with Crippen LogP contribution in [0.2, 0.25) is 0 Å². The zero-order valence-electron chi connectivity index (χ0n) is 7.97. The van der Waals surface area contributed by atoms with Crippen LogP contribution in [0.4, 0.5) is 0 Å². The summed E-state index contributed by atoms with van der Waals surface area (Å²) in [6.07, 6.45) is 2.06. The lowest BCUT2D eigenvalue weighted by Crippen LogP contribution is -2.16. The van der Waals surface area contributed by atoms with Crippen LogP contribution in [0.15, 0.2) is 6.07 Å². The van der Waals surface area contributed by atoms with E-state index >= 15 is 0 Å². The number of aromatic amines is 1.